The molecule has 0 atom stereocenters. The molecule has 3 aromatic rings. The van der Waals surface area contributed by atoms with E-state index < -0.39 is 0 Å². The molecule has 5 nitrogen and oxygen atoms in total. The van der Waals surface area contributed by atoms with E-state index in [0.717, 1.165) is 40.9 Å². The van der Waals surface area contributed by atoms with Crippen molar-refractivity contribution in [2.24, 2.45) is 5.73 Å². The third-order valence-electron chi connectivity index (χ3n) is 4.66. The Labute approximate surface area is 143 Å². The molecule has 1 aromatic carbocycles. The fourth-order valence-corrected chi connectivity index (χ4v) is 4.21. The molecule has 2 heterocycles. The molecule has 0 radical (unpaired) electrons. The summed E-state index contributed by atoms with van der Waals surface area (Å²) in [6.45, 7) is 0.462. The van der Waals surface area contributed by atoms with E-state index in [4.69, 9.17) is 10.2 Å². The highest BCUT2D eigenvalue weighted by molar-refractivity contribution is 7.21. The highest BCUT2D eigenvalue weighted by Gasteiger charge is 2.34. The summed E-state index contributed by atoms with van der Waals surface area (Å²) in [5.74, 6) is 0.730. The van der Waals surface area contributed by atoms with Crippen LogP contribution in [0.5, 0.6) is 0 Å². The number of thiazole rings is 1. The van der Waals surface area contributed by atoms with Gasteiger partial charge in [-0.15, -0.1) is 11.3 Å². The molecule has 24 heavy (non-hydrogen) atoms. The van der Waals surface area contributed by atoms with Gasteiger partial charge in [-0.3, -0.25) is 4.79 Å². The SMILES string of the molecule is NCC1(NC(=O)c2ccc(-c3nc4ccccc4s3)o2)CCCC1. The van der Waals surface area contributed by atoms with Gasteiger partial charge in [0.25, 0.3) is 5.91 Å². The Hall–Kier alpha value is -2.18. The second-order valence-electron chi connectivity index (χ2n) is 6.30. The number of carbonyl (C=O) groups is 1. The second kappa shape index (κ2) is 6.03. The summed E-state index contributed by atoms with van der Waals surface area (Å²) in [5.41, 5.74) is 6.54. The maximum atomic E-state index is 12.5. The average molecular weight is 341 g/mol. The van der Waals surface area contributed by atoms with Gasteiger partial charge in [0.2, 0.25) is 0 Å². The number of benzene rings is 1. The van der Waals surface area contributed by atoms with Crippen LogP contribution in [0, 0.1) is 0 Å². The van der Waals surface area contributed by atoms with E-state index in [-0.39, 0.29) is 11.4 Å². The van der Waals surface area contributed by atoms with Crippen molar-refractivity contribution in [2.45, 2.75) is 31.2 Å². The number of hydrogen-bond acceptors (Lipinski definition) is 5. The summed E-state index contributed by atoms with van der Waals surface area (Å²) in [4.78, 5) is 17.1. The van der Waals surface area contributed by atoms with Crippen molar-refractivity contribution < 1.29 is 9.21 Å². The predicted molar refractivity (Wildman–Crippen MR) is 95.0 cm³/mol. The lowest BCUT2D eigenvalue weighted by Gasteiger charge is -2.28. The molecule has 0 bridgehead atoms. The smallest absolute Gasteiger partial charge is 0.287 e. The summed E-state index contributed by atoms with van der Waals surface area (Å²) >= 11 is 1.56. The quantitative estimate of drug-likeness (QED) is 0.760. The fraction of sp³-hybridized carbons (Fsp3) is 0.333. The van der Waals surface area contributed by atoms with Crippen LogP contribution < -0.4 is 11.1 Å². The fourth-order valence-electron chi connectivity index (χ4n) is 3.29. The summed E-state index contributed by atoms with van der Waals surface area (Å²) in [6.07, 6.45) is 4.07. The van der Waals surface area contributed by atoms with Crippen LogP contribution in [0.2, 0.25) is 0 Å². The summed E-state index contributed by atoms with van der Waals surface area (Å²) in [6, 6.07) is 11.4. The molecule has 0 spiro atoms. The van der Waals surface area contributed by atoms with Crippen molar-refractivity contribution in [1.82, 2.24) is 10.3 Å². The van der Waals surface area contributed by atoms with Crippen molar-refractivity contribution >= 4 is 27.5 Å². The summed E-state index contributed by atoms with van der Waals surface area (Å²) in [7, 11) is 0. The molecule has 1 fully saturated rings. The minimum Gasteiger partial charge on any atom is -0.448 e. The zero-order chi connectivity index (χ0) is 16.6. The van der Waals surface area contributed by atoms with Gasteiger partial charge in [-0.25, -0.2) is 4.98 Å². The van der Waals surface area contributed by atoms with E-state index >= 15 is 0 Å². The zero-order valence-corrected chi connectivity index (χ0v) is 14.1. The molecule has 6 heteroatoms. The standard InChI is InChI=1S/C18H19N3O2S/c19-11-18(9-3-4-10-18)21-16(22)13-7-8-14(23-13)17-20-12-5-1-2-6-15(12)24-17/h1-2,5-8H,3-4,9-11,19H2,(H,21,22). The minimum absolute atomic E-state index is 0.199. The Morgan fingerprint density at radius 2 is 2.04 bits per heavy atom. The van der Waals surface area contributed by atoms with E-state index in [2.05, 4.69) is 10.3 Å². The lowest BCUT2D eigenvalue weighted by molar-refractivity contribution is 0.0875. The topological polar surface area (TPSA) is 81.1 Å². The highest BCUT2D eigenvalue weighted by atomic mass is 32.1. The van der Waals surface area contributed by atoms with Crippen LogP contribution in [-0.4, -0.2) is 23.0 Å². The molecule has 4 rings (SSSR count). The van der Waals surface area contributed by atoms with Crippen LogP contribution in [-0.2, 0) is 0 Å². The van der Waals surface area contributed by atoms with Crippen molar-refractivity contribution in [1.29, 1.82) is 0 Å². The lowest BCUT2D eigenvalue weighted by Crippen LogP contribution is -2.51. The third kappa shape index (κ3) is 2.72. The first-order valence-corrected chi connectivity index (χ1v) is 8.99. The minimum atomic E-state index is -0.278. The Balaban J connectivity index is 1.56. The van der Waals surface area contributed by atoms with Crippen molar-refractivity contribution in [3.63, 3.8) is 0 Å². The molecule has 0 saturated heterocycles. The molecule has 1 aliphatic rings. The monoisotopic (exact) mass is 341 g/mol. The number of aromatic nitrogens is 1. The lowest BCUT2D eigenvalue weighted by atomic mass is 9.98. The van der Waals surface area contributed by atoms with Crippen LogP contribution in [0.15, 0.2) is 40.8 Å². The highest BCUT2D eigenvalue weighted by Crippen LogP contribution is 2.32. The van der Waals surface area contributed by atoms with Gasteiger partial charge in [-0.05, 0) is 37.1 Å². The Kier molecular flexibility index (Phi) is 3.86. The molecular formula is C18H19N3O2S. The number of fused-ring (bicyclic) bond motifs is 1. The van der Waals surface area contributed by atoms with Crippen molar-refractivity contribution in [3.05, 3.63) is 42.2 Å². The second-order valence-corrected chi connectivity index (χ2v) is 7.33. The number of rotatable bonds is 4. The molecule has 0 aliphatic heterocycles. The largest absolute Gasteiger partial charge is 0.448 e. The van der Waals surface area contributed by atoms with E-state index in [1.54, 1.807) is 23.5 Å². The predicted octanol–water partition coefficient (Wildman–Crippen LogP) is 3.56. The van der Waals surface area contributed by atoms with E-state index in [9.17, 15) is 4.79 Å². The molecule has 124 valence electrons. The first-order valence-electron chi connectivity index (χ1n) is 8.17. The Bertz CT molecular complexity index is 844. The maximum absolute atomic E-state index is 12.5. The van der Waals surface area contributed by atoms with Crippen molar-refractivity contribution in [2.75, 3.05) is 6.54 Å². The molecule has 3 N–H and O–H groups in total. The van der Waals surface area contributed by atoms with Crippen LogP contribution in [0.3, 0.4) is 0 Å². The van der Waals surface area contributed by atoms with Gasteiger partial charge in [-0.1, -0.05) is 25.0 Å². The molecule has 0 unspecified atom stereocenters. The molecule has 2 aromatic heterocycles. The summed E-state index contributed by atoms with van der Waals surface area (Å²) < 4.78 is 6.86. The van der Waals surface area contributed by atoms with E-state index in [1.807, 2.05) is 24.3 Å². The number of nitrogens with zero attached hydrogens (tertiary/aromatic N) is 1. The normalized spacial score (nSPS) is 16.5. The Morgan fingerprint density at radius 1 is 1.25 bits per heavy atom. The first-order chi connectivity index (χ1) is 11.7. The van der Waals surface area contributed by atoms with Crippen LogP contribution in [0.4, 0.5) is 0 Å². The van der Waals surface area contributed by atoms with Crippen LogP contribution in [0.25, 0.3) is 21.0 Å². The van der Waals surface area contributed by atoms with Gasteiger partial charge >= 0.3 is 0 Å². The zero-order valence-electron chi connectivity index (χ0n) is 13.2. The number of para-hydroxylation sites is 1. The summed E-state index contributed by atoms with van der Waals surface area (Å²) in [5, 5.41) is 3.86. The molecule has 1 saturated carbocycles. The molecular weight excluding hydrogens is 322 g/mol. The van der Waals surface area contributed by atoms with Gasteiger partial charge in [0.1, 0.15) is 0 Å². The van der Waals surface area contributed by atoms with Gasteiger partial charge in [0, 0.05) is 6.54 Å². The van der Waals surface area contributed by atoms with Gasteiger partial charge < -0.3 is 15.5 Å². The number of carbonyl (C=O) groups excluding carboxylic acids is 1. The average Bonchev–Trinajstić information content (AvgIpc) is 3.33. The Morgan fingerprint density at radius 3 is 2.79 bits per heavy atom. The number of nitrogens with two attached hydrogens (primary N) is 1. The molecule has 1 amide bonds. The first kappa shape index (κ1) is 15.4. The van der Waals surface area contributed by atoms with E-state index in [1.165, 1.54) is 0 Å². The van der Waals surface area contributed by atoms with Gasteiger partial charge in [0.05, 0.1) is 15.8 Å². The van der Waals surface area contributed by atoms with E-state index in [0.29, 0.717) is 18.1 Å². The maximum Gasteiger partial charge on any atom is 0.287 e. The van der Waals surface area contributed by atoms with Crippen molar-refractivity contribution in [3.8, 4) is 10.8 Å². The number of nitrogens with one attached hydrogen (secondary N) is 1. The third-order valence-corrected chi connectivity index (χ3v) is 5.72. The number of furan rings is 1. The molecule has 1 aliphatic carbocycles. The van der Waals surface area contributed by atoms with Gasteiger partial charge in [0.15, 0.2) is 16.5 Å². The van der Waals surface area contributed by atoms with Crippen LogP contribution in [0.1, 0.15) is 36.2 Å². The van der Waals surface area contributed by atoms with Gasteiger partial charge in [-0.2, -0.15) is 0 Å². The van der Waals surface area contributed by atoms with Crippen LogP contribution >= 0.6 is 11.3 Å². The number of amides is 1. The number of hydrogen-bond donors (Lipinski definition) is 2.